The van der Waals surface area contributed by atoms with E-state index in [-0.39, 0.29) is 18.0 Å². The van der Waals surface area contributed by atoms with Gasteiger partial charge in [-0.15, -0.1) is 0 Å². The first-order chi connectivity index (χ1) is 18.3. The number of hydrogen-bond acceptors (Lipinski definition) is 4. The summed E-state index contributed by atoms with van der Waals surface area (Å²) in [6.07, 6.45) is 9.76. The Balaban J connectivity index is 1.49. The maximum absolute atomic E-state index is 14.2. The first-order valence-electron chi connectivity index (χ1n) is 13.5. The van der Waals surface area contributed by atoms with Crippen molar-refractivity contribution in [2.45, 2.75) is 76.3 Å². The van der Waals surface area contributed by atoms with Gasteiger partial charge in [-0.3, -0.25) is 4.79 Å². The number of carbonyl (C=O) groups excluding carboxylic acids is 1. The van der Waals surface area contributed by atoms with Crippen LogP contribution in [0.3, 0.4) is 0 Å². The molecule has 38 heavy (non-hydrogen) atoms. The Bertz CT molecular complexity index is 1290. The van der Waals surface area contributed by atoms with Crippen LogP contribution in [0.25, 0.3) is 0 Å². The van der Waals surface area contributed by atoms with Gasteiger partial charge < -0.3 is 10.6 Å². The van der Waals surface area contributed by atoms with Crippen molar-refractivity contribution in [3.8, 4) is 0 Å². The quantitative estimate of drug-likeness (QED) is 0.334. The van der Waals surface area contributed by atoms with Gasteiger partial charge in [0, 0.05) is 40.9 Å². The predicted molar refractivity (Wildman–Crippen MR) is 145 cm³/mol. The number of benzene rings is 2. The van der Waals surface area contributed by atoms with E-state index >= 15 is 0 Å². The zero-order chi connectivity index (χ0) is 26.7. The Hall–Kier alpha value is -3.06. The SMILES string of the molecule is CC1CCC(Nc2ncc(C(=O)NCc3ccc(F)cc3F)c(C3(c4ccc(Cl)cc4)CCCC3)n2)CC1. The third-order valence-corrected chi connectivity index (χ3v) is 8.40. The predicted octanol–water partition coefficient (Wildman–Crippen LogP) is 7.19. The van der Waals surface area contributed by atoms with Crippen LogP contribution in [0, 0.1) is 17.6 Å². The Morgan fingerprint density at radius 3 is 2.45 bits per heavy atom. The summed E-state index contributed by atoms with van der Waals surface area (Å²) < 4.78 is 27.5. The highest BCUT2D eigenvalue weighted by Gasteiger charge is 2.42. The lowest BCUT2D eigenvalue weighted by Crippen LogP contribution is -2.33. The number of hydrogen-bond donors (Lipinski definition) is 2. The Kier molecular flexibility index (Phi) is 7.93. The number of nitrogens with zero attached hydrogens (tertiary/aromatic N) is 2. The van der Waals surface area contributed by atoms with E-state index in [0.29, 0.717) is 28.3 Å². The van der Waals surface area contributed by atoms with E-state index < -0.39 is 17.0 Å². The van der Waals surface area contributed by atoms with E-state index in [1.807, 2.05) is 24.3 Å². The summed E-state index contributed by atoms with van der Waals surface area (Å²) in [5.74, 6) is -0.484. The van der Waals surface area contributed by atoms with E-state index in [0.717, 1.165) is 56.1 Å². The van der Waals surface area contributed by atoms with Crippen LogP contribution in [0.2, 0.25) is 5.02 Å². The van der Waals surface area contributed by atoms with Crippen molar-refractivity contribution in [3.63, 3.8) is 0 Å². The van der Waals surface area contributed by atoms with Gasteiger partial charge in [0.2, 0.25) is 5.95 Å². The van der Waals surface area contributed by atoms with Crippen LogP contribution in [0.4, 0.5) is 14.7 Å². The van der Waals surface area contributed by atoms with Crippen molar-refractivity contribution in [1.82, 2.24) is 15.3 Å². The zero-order valence-electron chi connectivity index (χ0n) is 21.6. The summed E-state index contributed by atoms with van der Waals surface area (Å²) in [6, 6.07) is 11.4. The van der Waals surface area contributed by atoms with Gasteiger partial charge in [-0.2, -0.15) is 0 Å². The highest BCUT2D eigenvalue weighted by Crippen LogP contribution is 2.47. The summed E-state index contributed by atoms with van der Waals surface area (Å²) in [4.78, 5) is 23.1. The standard InChI is InChI=1S/C30H33ClF2N4O/c1-19-4-12-24(13-5-19)36-29-35-18-25(28(38)34-17-20-6-11-23(32)16-26(20)33)27(37-29)30(14-2-3-15-30)21-7-9-22(31)10-8-21/h6-11,16,18-19,24H,2-5,12-15,17H2,1H3,(H,34,38)(H,35,36,37). The van der Waals surface area contributed by atoms with E-state index in [9.17, 15) is 13.6 Å². The fourth-order valence-electron chi connectivity index (χ4n) is 5.91. The Morgan fingerprint density at radius 1 is 1.05 bits per heavy atom. The second-order valence-electron chi connectivity index (χ2n) is 10.8. The first kappa shape index (κ1) is 26.5. The number of amides is 1. The second kappa shape index (κ2) is 11.4. The van der Waals surface area contributed by atoms with Crippen LogP contribution >= 0.6 is 11.6 Å². The summed E-state index contributed by atoms with van der Waals surface area (Å²) in [6.45, 7) is 2.21. The van der Waals surface area contributed by atoms with Gasteiger partial charge in [-0.1, -0.05) is 49.6 Å². The molecule has 5 rings (SSSR count). The van der Waals surface area contributed by atoms with Crippen molar-refractivity contribution in [3.05, 3.63) is 87.7 Å². The van der Waals surface area contributed by atoms with Crippen LogP contribution in [-0.2, 0) is 12.0 Å². The molecule has 2 N–H and O–H groups in total. The van der Waals surface area contributed by atoms with Crippen molar-refractivity contribution in [1.29, 1.82) is 0 Å². The minimum absolute atomic E-state index is 0.0708. The molecule has 0 saturated heterocycles. The number of nitrogens with one attached hydrogen (secondary N) is 2. The third-order valence-electron chi connectivity index (χ3n) is 8.14. The lowest BCUT2D eigenvalue weighted by molar-refractivity contribution is 0.0947. The van der Waals surface area contributed by atoms with E-state index in [1.54, 1.807) is 6.20 Å². The van der Waals surface area contributed by atoms with Crippen molar-refractivity contribution in [2.24, 2.45) is 5.92 Å². The minimum Gasteiger partial charge on any atom is -0.351 e. The lowest BCUT2D eigenvalue weighted by Gasteiger charge is -2.32. The average molecular weight is 539 g/mol. The molecule has 2 fully saturated rings. The van der Waals surface area contributed by atoms with Gasteiger partial charge in [0.1, 0.15) is 11.6 Å². The van der Waals surface area contributed by atoms with Gasteiger partial charge in [0.25, 0.3) is 5.91 Å². The lowest BCUT2D eigenvalue weighted by atomic mass is 9.74. The second-order valence-corrected chi connectivity index (χ2v) is 11.2. The average Bonchev–Trinajstić information content (AvgIpc) is 3.41. The Morgan fingerprint density at radius 2 is 1.76 bits per heavy atom. The smallest absolute Gasteiger partial charge is 0.255 e. The number of halogens is 3. The van der Waals surface area contributed by atoms with Crippen LogP contribution in [0.1, 0.15) is 85.5 Å². The molecule has 0 bridgehead atoms. The number of rotatable bonds is 7. The minimum atomic E-state index is -0.698. The molecule has 3 aromatic rings. The Labute approximate surface area is 227 Å². The van der Waals surface area contributed by atoms with Crippen LogP contribution < -0.4 is 10.6 Å². The highest BCUT2D eigenvalue weighted by atomic mass is 35.5. The molecule has 5 nitrogen and oxygen atoms in total. The van der Waals surface area contributed by atoms with Gasteiger partial charge in [0.15, 0.2) is 0 Å². The molecule has 0 unspecified atom stereocenters. The third kappa shape index (κ3) is 5.68. The summed E-state index contributed by atoms with van der Waals surface area (Å²) in [5.41, 5.74) is 1.86. The van der Waals surface area contributed by atoms with E-state index in [2.05, 4.69) is 22.5 Å². The molecule has 2 saturated carbocycles. The molecular formula is C30H33ClF2N4O. The molecule has 200 valence electrons. The van der Waals surface area contributed by atoms with E-state index in [4.69, 9.17) is 16.6 Å². The molecule has 0 aliphatic heterocycles. The van der Waals surface area contributed by atoms with Gasteiger partial charge in [-0.05, 0) is 68.2 Å². The molecule has 0 atom stereocenters. The molecule has 1 amide bonds. The fourth-order valence-corrected chi connectivity index (χ4v) is 6.04. The molecule has 2 aromatic carbocycles. The molecule has 8 heteroatoms. The molecular weight excluding hydrogens is 506 g/mol. The molecule has 2 aliphatic rings. The summed E-state index contributed by atoms with van der Waals surface area (Å²) >= 11 is 6.20. The molecule has 2 aliphatic carbocycles. The number of aromatic nitrogens is 2. The molecule has 1 heterocycles. The van der Waals surface area contributed by atoms with Crippen molar-refractivity contribution < 1.29 is 13.6 Å². The normalized spacial score (nSPS) is 20.7. The monoisotopic (exact) mass is 538 g/mol. The molecule has 1 aromatic heterocycles. The van der Waals surface area contributed by atoms with Crippen molar-refractivity contribution >= 4 is 23.5 Å². The van der Waals surface area contributed by atoms with Crippen LogP contribution in [-0.4, -0.2) is 21.9 Å². The zero-order valence-corrected chi connectivity index (χ0v) is 22.3. The van der Waals surface area contributed by atoms with Gasteiger partial charge in [-0.25, -0.2) is 18.7 Å². The van der Waals surface area contributed by atoms with E-state index in [1.165, 1.54) is 25.0 Å². The van der Waals surface area contributed by atoms with Gasteiger partial charge in [0.05, 0.1) is 11.3 Å². The fraction of sp³-hybridized carbons (Fsp3) is 0.433. The van der Waals surface area contributed by atoms with Crippen LogP contribution in [0.5, 0.6) is 0 Å². The largest absolute Gasteiger partial charge is 0.351 e. The topological polar surface area (TPSA) is 66.9 Å². The highest BCUT2D eigenvalue weighted by molar-refractivity contribution is 6.30. The number of anilines is 1. The molecule has 0 spiro atoms. The van der Waals surface area contributed by atoms with Crippen LogP contribution in [0.15, 0.2) is 48.7 Å². The summed E-state index contributed by atoms with van der Waals surface area (Å²) in [5, 5.41) is 6.97. The van der Waals surface area contributed by atoms with Gasteiger partial charge >= 0.3 is 0 Å². The maximum Gasteiger partial charge on any atom is 0.255 e. The van der Waals surface area contributed by atoms with Crippen molar-refractivity contribution in [2.75, 3.05) is 5.32 Å². The summed E-state index contributed by atoms with van der Waals surface area (Å²) in [7, 11) is 0. The number of carbonyl (C=O) groups is 1. The maximum atomic E-state index is 14.2. The first-order valence-corrected chi connectivity index (χ1v) is 13.8. The molecule has 0 radical (unpaired) electrons.